The standard InChI is InChI=1S/C6H4Cl2.3FH/c7-5-3-1-2-4-6(5)8;;;/h1-4H;3*1H. The van der Waals surface area contributed by atoms with Crippen molar-refractivity contribution in [1.29, 1.82) is 0 Å². The lowest BCUT2D eigenvalue weighted by Gasteiger charge is -1.88. The molecule has 0 aliphatic rings. The molecule has 0 amide bonds. The van der Waals surface area contributed by atoms with Crippen molar-refractivity contribution < 1.29 is 14.1 Å². The van der Waals surface area contributed by atoms with E-state index in [-0.39, 0.29) is 14.1 Å². The Bertz CT molecular complexity index is 172. The lowest BCUT2D eigenvalue weighted by atomic mass is 10.4. The maximum atomic E-state index is 5.58. The van der Waals surface area contributed by atoms with Crippen LogP contribution < -0.4 is 0 Å². The zero-order valence-electron chi connectivity index (χ0n) is 5.29. The molecule has 0 bridgehead atoms. The molecule has 0 aromatic heterocycles. The van der Waals surface area contributed by atoms with Gasteiger partial charge in [0.15, 0.2) is 0 Å². The van der Waals surface area contributed by atoms with E-state index in [4.69, 9.17) is 23.2 Å². The van der Waals surface area contributed by atoms with Gasteiger partial charge >= 0.3 is 0 Å². The average molecular weight is 207 g/mol. The third-order valence-corrected chi connectivity index (χ3v) is 1.58. The van der Waals surface area contributed by atoms with Crippen LogP contribution in [0, 0.1) is 0 Å². The van der Waals surface area contributed by atoms with Crippen LogP contribution in [-0.2, 0) is 0 Å². The highest BCUT2D eigenvalue weighted by atomic mass is 35.5. The first-order valence-electron chi connectivity index (χ1n) is 2.21. The SMILES string of the molecule is Clc1ccccc1Cl.F.F.F. The highest BCUT2D eigenvalue weighted by Gasteiger charge is 1.89. The van der Waals surface area contributed by atoms with Crippen LogP contribution in [0.4, 0.5) is 14.1 Å². The van der Waals surface area contributed by atoms with Crippen LogP contribution in [0.2, 0.25) is 10.0 Å². The predicted molar refractivity (Wildman–Crippen MR) is 44.0 cm³/mol. The van der Waals surface area contributed by atoms with Gasteiger partial charge in [0.2, 0.25) is 0 Å². The zero-order valence-corrected chi connectivity index (χ0v) is 6.80. The summed E-state index contributed by atoms with van der Waals surface area (Å²) in [5, 5.41) is 1.21. The van der Waals surface area contributed by atoms with Crippen molar-refractivity contribution in [3.8, 4) is 0 Å². The fourth-order valence-electron chi connectivity index (χ4n) is 0.439. The van der Waals surface area contributed by atoms with E-state index in [0.717, 1.165) is 0 Å². The van der Waals surface area contributed by atoms with Crippen molar-refractivity contribution in [2.24, 2.45) is 0 Å². The number of benzene rings is 1. The Kier molecular flexibility index (Phi) is 11.8. The Hall–Kier alpha value is -0.410. The molecule has 11 heavy (non-hydrogen) atoms. The first-order chi connectivity index (χ1) is 3.80. The van der Waals surface area contributed by atoms with Crippen LogP contribution in [0.15, 0.2) is 24.3 Å². The number of hydrogen-bond donors (Lipinski definition) is 0. The van der Waals surface area contributed by atoms with E-state index < -0.39 is 0 Å². The maximum absolute atomic E-state index is 5.58. The summed E-state index contributed by atoms with van der Waals surface area (Å²) in [5.41, 5.74) is 0. The van der Waals surface area contributed by atoms with Crippen LogP contribution in [0.25, 0.3) is 0 Å². The maximum Gasteiger partial charge on any atom is 0.0592 e. The molecule has 1 aromatic carbocycles. The summed E-state index contributed by atoms with van der Waals surface area (Å²) in [4.78, 5) is 0. The normalized spacial score (nSPS) is 6.73. The Morgan fingerprint density at radius 1 is 0.727 bits per heavy atom. The summed E-state index contributed by atoms with van der Waals surface area (Å²) >= 11 is 11.2. The van der Waals surface area contributed by atoms with Gasteiger partial charge in [-0.05, 0) is 12.1 Å². The Morgan fingerprint density at radius 2 is 1.00 bits per heavy atom. The van der Waals surface area contributed by atoms with Gasteiger partial charge in [-0.1, -0.05) is 35.3 Å². The quantitative estimate of drug-likeness (QED) is 0.611. The van der Waals surface area contributed by atoms with E-state index in [1.165, 1.54) is 0 Å². The molecule has 0 saturated heterocycles. The van der Waals surface area contributed by atoms with E-state index in [2.05, 4.69) is 0 Å². The zero-order chi connectivity index (χ0) is 5.98. The molecule has 0 atom stereocenters. The molecule has 0 heterocycles. The van der Waals surface area contributed by atoms with Crippen LogP contribution in [-0.4, -0.2) is 0 Å². The molecule has 5 heteroatoms. The van der Waals surface area contributed by atoms with Gasteiger partial charge in [0.05, 0.1) is 10.0 Å². The fraction of sp³-hybridized carbons (Fsp3) is 0. The minimum absolute atomic E-state index is 0. The van der Waals surface area contributed by atoms with E-state index in [9.17, 15) is 0 Å². The second-order valence-corrected chi connectivity index (χ2v) is 2.23. The van der Waals surface area contributed by atoms with E-state index in [1.807, 2.05) is 12.1 Å². The van der Waals surface area contributed by atoms with Gasteiger partial charge in [0, 0.05) is 0 Å². The van der Waals surface area contributed by atoms with Gasteiger partial charge in [-0.15, -0.1) is 0 Å². The van der Waals surface area contributed by atoms with Crippen molar-refractivity contribution >= 4 is 23.2 Å². The van der Waals surface area contributed by atoms with Crippen molar-refractivity contribution in [2.75, 3.05) is 0 Å². The van der Waals surface area contributed by atoms with Gasteiger partial charge < -0.3 is 0 Å². The molecule has 0 aliphatic heterocycles. The molecule has 0 unspecified atom stereocenters. The smallest absolute Gasteiger partial charge is 0.0592 e. The van der Waals surface area contributed by atoms with Crippen LogP contribution in [0.5, 0.6) is 0 Å². The number of hydrogen-bond acceptors (Lipinski definition) is 0. The van der Waals surface area contributed by atoms with Crippen molar-refractivity contribution in [3.05, 3.63) is 34.3 Å². The van der Waals surface area contributed by atoms with Gasteiger partial charge in [0.25, 0.3) is 0 Å². The predicted octanol–water partition coefficient (Wildman–Crippen LogP) is 3.45. The lowest BCUT2D eigenvalue weighted by Crippen LogP contribution is -1.62. The second-order valence-electron chi connectivity index (χ2n) is 1.41. The van der Waals surface area contributed by atoms with E-state index in [0.29, 0.717) is 10.0 Å². The highest BCUT2D eigenvalue weighted by molar-refractivity contribution is 6.41. The minimum atomic E-state index is 0. The van der Waals surface area contributed by atoms with Gasteiger partial charge in [0.1, 0.15) is 0 Å². The summed E-state index contributed by atoms with van der Waals surface area (Å²) in [7, 11) is 0. The summed E-state index contributed by atoms with van der Waals surface area (Å²) in [6.07, 6.45) is 0. The molecule has 0 saturated carbocycles. The molecule has 0 nitrogen and oxygen atoms in total. The molecule has 66 valence electrons. The average Bonchev–Trinajstić information content (AvgIpc) is 1.77. The van der Waals surface area contributed by atoms with Crippen LogP contribution in [0.3, 0.4) is 0 Å². The second kappa shape index (κ2) is 7.69. The Labute approximate surface area is 72.2 Å². The Morgan fingerprint density at radius 3 is 1.18 bits per heavy atom. The first kappa shape index (κ1) is 16.9. The Balaban J connectivity index is -0.000000213. The molecule has 0 fully saturated rings. The number of rotatable bonds is 0. The summed E-state index contributed by atoms with van der Waals surface area (Å²) < 4.78 is 0. The largest absolute Gasteiger partial charge is 0.269 e. The first-order valence-corrected chi connectivity index (χ1v) is 2.96. The molecule has 0 aliphatic carbocycles. The van der Waals surface area contributed by atoms with Crippen LogP contribution >= 0.6 is 23.2 Å². The topological polar surface area (TPSA) is 0 Å². The highest BCUT2D eigenvalue weighted by Crippen LogP contribution is 2.19. The van der Waals surface area contributed by atoms with Crippen molar-refractivity contribution in [3.63, 3.8) is 0 Å². The molecule has 1 rings (SSSR count). The van der Waals surface area contributed by atoms with Gasteiger partial charge in [-0.2, -0.15) is 0 Å². The minimum Gasteiger partial charge on any atom is -0.269 e. The monoisotopic (exact) mass is 206 g/mol. The van der Waals surface area contributed by atoms with Crippen LogP contribution in [0.1, 0.15) is 0 Å². The summed E-state index contributed by atoms with van der Waals surface area (Å²) in [6.45, 7) is 0. The summed E-state index contributed by atoms with van der Waals surface area (Å²) in [6, 6.07) is 7.19. The third-order valence-electron chi connectivity index (χ3n) is 0.824. The number of halogens is 5. The third kappa shape index (κ3) is 4.93. The fourth-order valence-corrected chi connectivity index (χ4v) is 0.711. The summed E-state index contributed by atoms with van der Waals surface area (Å²) in [5.74, 6) is 0. The molecule has 1 aromatic rings. The van der Waals surface area contributed by atoms with Gasteiger partial charge in [-0.25, -0.2) is 0 Å². The lowest BCUT2D eigenvalue weighted by molar-refractivity contribution is 1.11. The van der Waals surface area contributed by atoms with Crippen molar-refractivity contribution in [1.82, 2.24) is 0 Å². The molecular formula is C6H7Cl2F3. The van der Waals surface area contributed by atoms with Crippen molar-refractivity contribution in [2.45, 2.75) is 0 Å². The molecule has 0 N–H and O–H groups in total. The van der Waals surface area contributed by atoms with E-state index >= 15 is 0 Å². The molecule has 0 spiro atoms. The van der Waals surface area contributed by atoms with Gasteiger partial charge in [-0.3, -0.25) is 14.1 Å². The molecule has 0 radical (unpaired) electrons. The molecular weight excluding hydrogens is 200 g/mol. The van der Waals surface area contributed by atoms with E-state index in [1.54, 1.807) is 12.1 Å².